The van der Waals surface area contributed by atoms with Gasteiger partial charge in [0.25, 0.3) is 0 Å². The van der Waals surface area contributed by atoms with Crippen molar-refractivity contribution in [2.45, 2.75) is 13.1 Å². The Kier molecular flexibility index (Phi) is 4.74. The van der Waals surface area contributed by atoms with Gasteiger partial charge < -0.3 is 10.2 Å². The number of halogens is 3. The minimum absolute atomic E-state index is 0.107. The lowest BCUT2D eigenvalue weighted by atomic mass is 10.2. The molecule has 0 aliphatic rings. The molecule has 0 fully saturated rings. The van der Waals surface area contributed by atoms with Crippen LogP contribution >= 0.6 is 0 Å². The van der Waals surface area contributed by atoms with E-state index < -0.39 is 11.7 Å². The van der Waals surface area contributed by atoms with E-state index in [2.05, 4.69) is 10.3 Å². The Bertz CT molecular complexity index is 352. The maximum Gasteiger partial charge on any atom is 0.419 e. The number of nitrogens with one attached hydrogen (secondary N) is 1. The average molecular weight is 247 g/mol. The highest BCUT2D eigenvalue weighted by molar-refractivity contribution is 5.45. The van der Waals surface area contributed by atoms with Crippen LogP contribution in [0.25, 0.3) is 0 Å². The molecule has 0 saturated heterocycles. The quantitative estimate of drug-likeness (QED) is 0.866. The molecule has 0 aliphatic carbocycles. The maximum atomic E-state index is 12.6. The highest BCUT2D eigenvalue weighted by Gasteiger charge is 2.33. The molecule has 0 spiro atoms. The first-order valence-corrected chi connectivity index (χ1v) is 5.39. The Hall–Kier alpha value is -1.30. The van der Waals surface area contributed by atoms with Gasteiger partial charge in [0.1, 0.15) is 5.82 Å². The summed E-state index contributed by atoms with van der Waals surface area (Å²) in [5.41, 5.74) is -0.723. The molecule has 0 bridgehead atoms. The summed E-state index contributed by atoms with van der Waals surface area (Å²) in [5.74, 6) is -0.107. The minimum Gasteiger partial charge on any atom is -0.368 e. The second-order valence-electron chi connectivity index (χ2n) is 3.72. The number of rotatable bonds is 5. The number of pyridine rings is 1. The third-order valence-electron chi connectivity index (χ3n) is 2.44. The number of hydrogen-bond acceptors (Lipinski definition) is 3. The number of likely N-dealkylation sites (N-methyl/N-ethyl adjacent to an activating group) is 1. The van der Waals surface area contributed by atoms with Crippen molar-refractivity contribution in [1.82, 2.24) is 9.88 Å². The van der Waals surface area contributed by atoms with Crippen molar-refractivity contribution >= 4 is 5.82 Å². The molecule has 1 rings (SSSR count). The van der Waals surface area contributed by atoms with Crippen LogP contribution in [0.2, 0.25) is 0 Å². The third kappa shape index (κ3) is 4.22. The van der Waals surface area contributed by atoms with Gasteiger partial charge in [-0.3, -0.25) is 0 Å². The summed E-state index contributed by atoms with van der Waals surface area (Å²) < 4.78 is 37.8. The van der Waals surface area contributed by atoms with Crippen molar-refractivity contribution in [3.8, 4) is 0 Å². The van der Waals surface area contributed by atoms with E-state index >= 15 is 0 Å². The Morgan fingerprint density at radius 2 is 2.12 bits per heavy atom. The number of hydrogen-bond donors (Lipinski definition) is 1. The number of anilines is 1. The van der Waals surface area contributed by atoms with Gasteiger partial charge in [-0.2, -0.15) is 13.2 Å². The standard InChI is InChI=1S/C11H16F3N3/c1-3-17(2)8-7-16-10-9(11(12,13)14)5-4-6-15-10/h4-6H,3,7-8H2,1-2H3,(H,15,16). The van der Waals surface area contributed by atoms with Crippen LogP contribution in [-0.2, 0) is 6.18 Å². The summed E-state index contributed by atoms with van der Waals surface area (Å²) in [5, 5.41) is 2.71. The van der Waals surface area contributed by atoms with E-state index in [1.165, 1.54) is 12.3 Å². The van der Waals surface area contributed by atoms with Gasteiger partial charge in [-0.25, -0.2) is 4.98 Å². The lowest BCUT2D eigenvalue weighted by Gasteiger charge is -2.16. The summed E-state index contributed by atoms with van der Waals surface area (Å²) in [6.07, 6.45) is -3.02. The molecule has 96 valence electrons. The summed E-state index contributed by atoms with van der Waals surface area (Å²) in [7, 11) is 1.91. The molecule has 1 heterocycles. The van der Waals surface area contributed by atoms with Crippen molar-refractivity contribution in [2.75, 3.05) is 32.0 Å². The Balaban J connectivity index is 2.65. The summed E-state index contributed by atoms with van der Waals surface area (Å²) >= 11 is 0. The fourth-order valence-electron chi connectivity index (χ4n) is 1.30. The molecule has 3 nitrogen and oxygen atoms in total. The van der Waals surface area contributed by atoms with E-state index in [9.17, 15) is 13.2 Å². The molecule has 1 N–H and O–H groups in total. The third-order valence-corrected chi connectivity index (χ3v) is 2.44. The van der Waals surface area contributed by atoms with E-state index in [0.29, 0.717) is 13.1 Å². The average Bonchev–Trinajstić information content (AvgIpc) is 2.28. The first-order valence-electron chi connectivity index (χ1n) is 5.39. The molecule has 0 radical (unpaired) electrons. The molecule has 1 aromatic heterocycles. The van der Waals surface area contributed by atoms with Crippen molar-refractivity contribution in [3.05, 3.63) is 23.9 Å². The van der Waals surface area contributed by atoms with Crippen LogP contribution in [0, 0.1) is 0 Å². The van der Waals surface area contributed by atoms with Crippen LogP contribution in [0.15, 0.2) is 18.3 Å². The fourth-order valence-corrected chi connectivity index (χ4v) is 1.30. The highest BCUT2D eigenvalue weighted by Crippen LogP contribution is 2.33. The fraction of sp³-hybridized carbons (Fsp3) is 0.545. The topological polar surface area (TPSA) is 28.2 Å². The van der Waals surface area contributed by atoms with Crippen molar-refractivity contribution in [1.29, 1.82) is 0 Å². The number of aromatic nitrogens is 1. The number of nitrogens with zero attached hydrogens (tertiary/aromatic N) is 2. The summed E-state index contributed by atoms with van der Waals surface area (Å²) in [4.78, 5) is 5.72. The van der Waals surface area contributed by atoms with E-state index in [-0.39, 0.29) is 5.82 Å². The molecule has 6 heteroatoms. The second-order valence-corrected chi connectivity index (χ2v) is 3.72. The lowest BCUT2D eigenvalue weighted by molar-refractivity contribution is -0.137. The lowest BCUT2D eigenvalue weighted by Crippen LogP contribution is -2.25. The van der Waals surface area contributed by atoms with Crippen LogP contribution in [0.3, 0.4) is 0 Å². The first-order chi connectivity index (χ1) is 7.95. The van der Waals surface area contributed by atoms with Gasteiger partial charge in [-0.15, -0.1) is 0 Å². The largest absolute Gasteiger partial charge is 0.419 e. The molecule has 0 aromatic carbocycles. The van der Waals surface area contributed by atoms with Crippen LogP contribution in [0.5, 0.6) is 0 Å². The number of alkyl halides is 3. The zero-order valence-corrected chi connectivity index (χ0v) is 9.88. The molecule has 0 unspecified atom stereocenters. The van der Waals surface area contributed by atoms with E-state index in [1.807, 2.05) is 18.9 Å². The van der Waals surface area contributed by atoms with Gasteiger partial charge >= 0.3 is 6.18 Å². The normalized spacial score (nSPS) is 11.9. The van der Waals surface area contributed by atoms with Gasteiger partial charge in [-0.05, 0) is 25.7 Å². The SMILES string of the molecule is CCN(C)CCNc1ncccc1C(F)(F)F. The van der Waals surface area contributed by atoms with Gasteiger partial charge in [0.15, 0.2) is 0 Å². The zero-order chi connectivity index (χ0) is 12.9. The second kappa shape index (κ2) is 5.86. The van der Waals surface area contributed by atoms with Crippen LogP contribution in [0.1, 0.15) is 12.5 Å². The van der Waals surface area contributed by atoms with E-state index in [4.69, 9.17) is 0 Å². The Labute approximate surface area is 98.6 Å². The molecular formula is C11H16F3N3. The molecular weight excluding hydrogens is 231 g/mol. The monoisotopic (exact) mass is 247 g/mol. The minimum atomic E-state index is -4.37. The van der Waals surface area contributed by atoms with Crippen LogP contribution in [0.4, 0.5) is 19.0 Å². The van der Waals surface area contributed by atoms with Crippen molar-refractivity contribution in [3.63, 3.8) is 0 Å². The van der Waals surface area contributed by atoms with Crippen LogP contribution < -0.4 is 5.32 Å². The molecule has 0 atom stereocenters. The van der Waals surface area contributed by atoms with Crippen LogP contribution in [-0.4, -0.2) is 36.6 Å². The van der Waals surface area contributed by atoms with Gasteiger partial charge in [-0.1, -0.05) is 6.92 Å². The summed E-state index contributed by atoms with van der Waals surface area (Å²) in [6.45, 7) is 3.95. The molecule has 1 aromatic rings. The predicted octanol–water partition coefficient (Wildman–Crippen LogP) is 2.46. The van der Waals surface area contributed by atoms with Crippen molar-refractivity contribution in [2.24, 2.45) is 0 Å². The van der Waals surface area contributed by atoms with Gasteiger partial charge in [0, 0.05) is 19.3 Å². The highest BCUT2D eigenvalue weighted by atomic mass is 19.4. The summed E-state index contributed by atoms with van der Waals surface area (Å²) in [6, 6.07) is 2.31. The molecule has 17 heavy (non-hydrogen) atoms. The van der Waals surface area contributed by atoms with Gasteiger partial charge in [0.05, 0.1) is 5.56 Å². The zero-order valence-electron chi connectivity index (χ0n) is 9.88. The van der Waals surface area contributed by atoms with Crippen molar-refractivity contribution < 1.29 is 13.2 Å². The maximum absolute atomic E-state index is 12.6. The predicted molar refractivity (Wildman–Crippen MR) is 60.9 cm³/mol. The molecule has 0 aliphatic heterocycles. The molecule has 0 amide bonds. The Morgan fingerprint density at radius 3 is 2.71 bits per heavy atom. The van der Waals surface area contributed by atoms with E-state index in [0.717, 1.165) is 12.6 Å². The smallest absolute Gasteiger partial charge is 0.368 e. The molecule has 0 saturated carbocycles. The van der Waals surface area contributed by atoms with E-state index in [1.54, 1.807) is 0 Å². The van der Waals surface area contributed by atoms with Gasteiger partial charge in [0.2, 0.25) is 0 Å². The first kappa shape index (κ1) is 13.8. The Morgan fingerprint density at radius 1 is 1.41 bits per heavy atom.